The van der Waals surface area contributed by atoms with E-state index in [-0.39, 0.29) is 24.0 Å². The third-order valence-electron chi connectivity index (χ3n) is 5.91. The van der Waals surface area contributed by atoms with Gasteiger partial charge in [0.15, 0.2) is 0 Å². The molecule has 37 heavy (non-hydrogen) atoms. The second-order valence-corrected chi connectivity index (χ2v) is 10.1. The number of nitrogens with one attached hydrogen (secondary N) is 1. The van der Waals surface area contributed by atoms with E-state index < -0.39 is 41.4 Å². The van der Waals surface area contributed by atoms with Crippen molar-refractivity contribution >= 4 is 29.7 Å². The minimum Gasteiger partial charge on any atom is -0.444 e. The van der Waals surface area contributed by atoms with Crippen LogP contribution in [0.3, 0.4) is 0 Å². The Balaban J connectivity index is 1.35. The molecule has 0 bridgehead atoms. The average molecular weight is 518 g/mol. The first-order chi connectivity index (χ1) is 17.5. The summed E-state index contributed by atoms with van der Waals surface area (Å²) < 4.78 is 16.4. The second kappa shape index (κ2) is 12.3. The molecule has 5 amide bonds. The number of aryl methyl sites for hydroxylation is 1. The van der Waals surface area contributed by atoms with Crippen molar-refractivity contribution in [2.75, 3.05) is 40.0 Å². The van der Waals surface area contributed by atoms with Gasteiger partial charge in [0.25, 0.3) is 11.8 Å². The van der Waals surface area contributed by atoms with Gasteiger partial charge in [0, 0.05) is 26.6 Å². The molecule has 1 N–H and O–H groups in total. The van der Waals surface area contributed by atoms with Gasteiger partial charge in [-0.1, -0.05) is 6.07 Å². The summed E-state index contributed by atoms with van der Waals surface area (Å²) in [5.74, 6) is -2.05. The molecule has 1 unspecified atom stereocenters. The maximum Gasteiger partial charge on any atom is 0.410 e. The van der Waals surface area contributed by atoms with E-state index in [0.717, 1.165) is 10.5 Å². The van der Waals surface area contributed by atoms with Crippen LogP contribution in [0.15, 0.2) is 18.2 Å². The standard InChI is InChI=1S/C26H35N3O8/c1-26(2,3)37-25(34)28(4)11-13-36-15-14-35-12-5-6-17-7-8-18-19(16-17)24(33)29(23(18)32)20-9-10-21(30)27-22(20)31/h7-8,16,20H,5-6,9-15H2,1-4H3,(H,27,30,31). The number of nitrogens with zero attached hydrogens (tertiary/aromatic N) is 2. The van der Waals surface area contributed by atoms with Crippen LogP contribution in [0.4, 0.5) is 4.79 Å². The Morgan fingerprint density at radius 3 is 2.38 bits per heavy atom. The number of likely N-dealkylation sites (N-methyl/N-ethyl adjacent to an activating group) is 1. The first-order valence-corrected chi connectivity index (χ1v) is 12.4. The Bertz CT molecular complexity index is 1050. The van der Waals surface area contributed by atoms with E-state index in [0.29, 0.717) is 45.8 Å². The third-order valence-corrected chi connectivity index (χ3v) is 5.91. The molecule has 2 heterocycles. The van der Waals surface area contributed by atoms with E-state index in [4.69, 9.17) is 14.2 Å². The summed E-state index contributed by atoms with van der Waals surface area (Å²) in [7, 11) is 1.66. The van der Waals surface area contributed by atoms with Crippen molar-refractivity contribution in [2.45, 2.75) is 58.1 Å². The van der Waals surface area contributed by atoms with Crippen LogP contribution in [0.1, 0.15) is 66.3 Å². The minimum absolute atomic E-state index is 0.0865. The van der Waals surface area contributed by atoms with Crippen molar-refractivity contribution in [3.63, 3.8) is 0 Å². The summed E-state index contributed by atoms with van der Waals surface area (Å²) in [6.07, 6.45) is 1.18. The molecule has 3 rings (SSSR count). The SMILES string of the molecule is CN(CCOCCOCCCc1ccc2c(c1)C(=O)N(C1CCC(=O)NC1=O)C2=O)C(=O)OC(C)(C)C. The Kier molecular flexibility index (Phi) is 9.39. The van der Waals surface area contributed by atoms with Crippen LogP contribution in [-0.2, 0) is 30.2 Å². The summed E-state index contributed by atoms with van der Waals surface area (Å²) in [6.45, 7) is 7.53. The Morgan fingerprint density at radius 1 is 1.03 bits per heavy atom. The first-order valence-electron chi connectivity index (χ1n) is 12.4. The largest absolute Gasteiger partial charge is 0.444 e. The normalized spacial score (nSPS) is 17.6. The van der Waals surface area contributed by atoms with Crippen LogP contribution in [0, 0.1) is 0 Å². The summed E-state index contributed by atoms with van der Waals surface area (Å²) >= 11 is 0. The molecule has 2 aliphatic rings. The lowest BCUT2D eigenvalue weighted by atomic mass is 10.0. The molecule has 202 valence electrons. The molecule has 1 saturated heterocycles. The minimum atomic E-state index is -0.970. The smallest absolute Gasteiger partial charge is 0.410 e. The number of piperidine rings is 1. The van der Waals surface area contributed by atoms with E-state index >= 15 is 0 Å². The van der Waals surface area contributed by atoms with Crippen molar-refractivity contribution in [1.82, 2.24) is 15.1 Å². The van der Waals surface area contributed by atoms with E-state index in [1.165, 1.54) is 4.90 Å². The van der Waals surface area contributed by atoms with E-state index in [1.54, 1.807) is 25.2 Å². The van der Waals surface area contributed by atoms with E-state index in [9.17, 15) is 24.0 Å². The lowest BCUT2D eigenvalue weighted by molar-refractivity contribution is -0.136. The first kappa shape index (κ1) is 28.3. The zero-order valence-electron chi connectivity index (χ0n) is 21.8. The van der Waals surface area contributed by atoms with E-state index in [2.05, 4.69) is 5.32 Å². The van der Waals surface area contributed by atoms with Gasteiger partial charge >= 0.3 is 6.09 Å². The van der Waals surface area contributed by atoms with Crippen molar-refractivity contribution in [3.05, 3.63) is 34.9 Å². The van der Waals surface area contributed by atoms with Crippen LogP contribution in [0.25, 0.3) is 0 Å². The number of amides is 5. The summed E-state index contributed by atoms with van der Waals surface area (Å²) in [4.78, 5) is 63.5. The molecule has 1 aromatic carbocycles. The van der Waals surface area contributed by atoms with Gasteiger partial charge in [-0.05, 0) is 57.7 Å². The molecule has 0 saturated carbocycles. The molecule has 11 nitrogen and oxygen atoms in total. The number of ether oxygens (including phenoxy) is 3. The highest BCUT2D eigenvalue weighted by molar-refractivity contribution is 6.23. The Hall–Kier alpha value is -3.31. The highest BCUT2D eigenvalue weighted by Crippen LogP contribution is 2.28. The van der Waals surface area contributed by atoms with Gasteiger partial charge in [-0.25, -0.2) is 4.79 Å². The molecular weight excluding hydrogens is 482 g/mol. The molecule has 0 aliphatic carbocycles. The predicted molar refractivity (Wildman–Crippen MR) is 132 cm³/mol. The van der Waals surface area contributed by atoms with Gasteiger partial charge in [0.2, 0.25) is 11.8 Å². The van der Waals surface area contributed by atoms with Gasteiger partial charge in [0.1, 0.15) is 11.6 Å². The molecule has 2 aliphatic heterocycles. The topological polar surface area (TPSA) is 132 Å². The molecule has 1 aromatic rings. The fraction of sp³-hybridized carbons (Fsp3) is 0.577. The van der Waals surface area contributed by atoms with Crippen LogP contribution < -0.4 is 5.32 Å². The van der Waals surface area contributed by atoms with Crippen molar-refractivity contribution in [2.24, 2.45) is 0 Å². The number of carbonyl (C=O) groups is 5. The average Bonchev–Trinajstić information content (AvgIpc) is 3.06. The predicted octanol–water partition coefficient (Wildman–Crippen LogP) is 1.92. The summed E-state index contributed by atoms with van der Waals surface area (Å²) in [6, 6.07) is 4.12. The van der Waals surface area contributed by atoms with Crippen molar-refractivity contribution in [3.8, 4) is 0 Å². The van der Waals surface area contributed by atoms with Gasteiger partial charge in [-0.3, -0.25) is 29.4 Å². The Morgan fingerprint density at radius 2 is 1.70 bits per heavy atom. The lowest BCUT2D eigenvalue weighted by Gasteiger charge is -2.27. The molecule has 0 aromatic heterocycles. The maximum absolute atomic E-state index is 12.9. The number of hydrogen-bond acceptors (Lipinski definition) is 8. The molecule has 11 heteroatoms. The molecule has 0 spiro atoms. The van der Waals surface area contributed by atoms with Crippen LogP contribution in [0.5, 0.6) is 0 Å². The highest BCUT2D eigenvalue weighted by Gasteiger charge is 2.44. The molecule has 0 radical (unpaired) electrons. The van der Waals surface area contributed by atoms with Crippen molar-refractivity contribution < 1.29 is 38.2 Å². The van der Waals surface area contributed by atoms with Crippen LogP contribution in [-0.4, -0.2) is 91.2 Å². The Labute approximate surface area is 216 Å². The zero-order chi connectivity index (χ0) is 27.2. The molecule has 1 fully saturated rings. The fourth-order valence-corrected chi connectivity index (χ4v) is 4.01. The summed E-state index contributed by atoms with van der Waals surface area (Å²) in [5, 5.41) is 2.19. The number of rotatable bonds is 11. The van der Waals surface area contributed by atoms with E-state index in [1.807, 2.05) is 20.8 Å². The number of hydrogen-bond donors (Lipinski definition) is 1. The lowest BCUT2D eigenvalue weighted by Crippen LogP contribution is -2.54. The van der Waals surface area contributed by atoms with Gasteiger partial charge in [0.05, 0.1) is 30.9 Å². The number of benzene rings is 1. The molecule has 1 atom stereocenters. The number of imide groups is 2. The van der Waals surface area contributed by atoms with Gasteiger partial charge < -0.3 is 19.1 Å². The second-order valence-electron chi connectivity index (χ2n) is 10.1. The van der Waals surface area contributed by atoms with Gasteiger partial charge in [-0.15, -0.1) is 0 Å². The fourth-order valence-electron chi connectivity index (χ4n) is 4.01. The number of fused-ring (bicyclic) bond motifs is 1. The zero-order valence-corrected chi connectivity index (χ0v) is 21.8. The van der Waals surface area contributed by atoms with Crippen molar-refractivity contribution in [1.29, 1.82) is 0 Å². The number of carbonyl (C=O) groups excluding carboxylic acids is 5. The summed E-state index contributed by atoms with van der Waals surface area (Å²) in [5.41, 5.74) is 0.889. The quantitative estimate of drug-likeness (QED) is 0.348. The monoisotopic (exact) mass is 517 g/mol. The van der Waals surface area contributed by atoms with Crippen LogP contribution in [0.2, 0.25) is 0 Å². The third kappa shape index (κ3) is 7.59. The van der Waals surface area contributed by atoms with Gasteiger partial charge in [-0.2, -0.15) is 0 Å². The van der Waals surface area contributed by atoms with Crippen LogP contribution >= 0.6 is 0 Å². The maximum atomic E-state index is 12.9. The highest BCUT2D eigenvalue weighted by atomic mass is 16.6. The molecular formula is C26H35N3O8.